The number of nitrogens with two attached hydrogens (primary N) is 1. The maximum atomic E-state index is 6.10. The quantitative estimate of drug-likeness (QED) is 0.894. The standard InChI is InChI=1S/C16H27N3O/c1-11-8-13(11)15-4-5-16(20-15)14(9-17)19-7-6-12(10-19)18(2)3/h4-5,11-14H,6-10,17H2,1-3H3. The summed E-state index contributed by atoms with van der Waals surface area (Å²) in [6, 6.07) is 5.18. The second-order valence-electron chi connectivity index (χ2n) is 6.71. The van der Waals surface area contributed by atoms with Crippen LogP contribution in [0.15, 0.2) is 16.5 Å². The van der Waals surface area contributed by atoms with Crippen molar-refractivity contribution in [1.82, 2.24) is 9.80 Å². The van der Waals surface area contributed by atoms with Gasteiger partial charge in [-0.05, 0) is 45.0 Å². The molecule has 1 aromatic heterocycles. The third-order valence-electron chi connectivity index (χ3n) is 5.04. The van der Waals surface area contributed by atoms with Gasteiger partial charge >= 0.3 is 0 Å². The Kier molecular flexibility index (Phi) is 3.89. The highest BCUT2D eigenvalue weighted by Crippen LogP contribution is 2.47. The SMILES string of the molecule is CC1CC1c1ccc(C(CN)N2CCC(N(C)C)C2)o1. The second-order valence-corrected chi connectivity index (χ2v) is 6.71. The summed E-state index contributed by atoms with van der Waals surface area (Å²) in [7, 11) is 4.32. The van der Waals surface area contributed by atoms with E-state index in [0.717, 1.165) is 30.5 Å². The minimum absolute atomic E-state index is 0.239. The topological polar surface area (TPSA) is 45.6 Å². The zero-order valence-corrected chi connectivity index (χ0v) is 12.9. The Hall–Kier alpha value is -0.840. The molecule has 3 rings (SSSR count). The largest absolute Gasteiger partial charge is 0.464 e. The average molecular weight is 277 g/mol. The minimum atomic E-state index is 0.239. The highest BCUT2D eigenvalue weighted by Gasteiger charge is 2.37. The van der Waals surface area contributed by atoms with E-state index >= 15 is 0 Å². The summed E-state index contributed by atoms with van der Waals surface area (Å²) >= 11 is 0. The number of likely N-dealkylation sites (N-methyl/N-ethyl adjacent to an activating group) is 1. The van der Waals surface area contributed by atoms with Crippen LogP contribution >= 0.6 is 0 Å². The third kappa shape index (κ3) is 2.65. The first-order valence-electron chi connectivity index (χ1n) is 7.80. The number of furan rings is 1. The van der Waals surface area contributed by atoms with Crippen molar-refractivity contribution in [1.29, 1.82) is 0 Å². The number of likely N-dealkylation sites (tertiary alicyclic amines) is 1. The van der Waals surface area contributed by atoms with Crippen LogP contribution in [-0.4, -0.2) is 49.6 Å². The summed E-state index contributed by atoms with van der Waals surface area (Å²) in [4.78, 5) is 4.79. The molecule has 1 aliphatic carbocycles. The summed E-state index contributed by atoms with van der Waals surface area (Å²) < 4.78 is 6.10. The predicted octanol–water partition coefficient (Wildman–Crippen LogP) is 2.04. The van der Waals surface area contributed by atoms with Gasteiger partial charge in [0.15, 0.2) is 0 Å². The van der Waals surface area contributed by atoms with Crippen molar-refractivity contribution in [3.63, 3.8) is 0 Å². The normalized spacial score (nSPS) is 31.9. The lowest BCUT2D eigenvalue weighted by molar-refractivity contribution is 0.197. The van der Waals surface area contributed by atoms with E-state index in [4.69, 9.17) is 10.2 Å². The van der Waals surface area contributed by atoms with Crippen LogP contribution in [0.2, 0.25) is 0 Å². The van der Waals surface area contributed by atoms with E-state index in [0.29, 0.717) is 18.5 Å². The van der Waals surface area contributed by atoms with Crippen molar-refractivity contribution in [2.24, 2.45) is 11.7 Å². The van der Waals surface area contributed by atoms with Crippen molar-refractivity contribution < 1.29 is 4.42 Å². The second kappa shape index (κ2) is 5.51. The maximum absolute atomic E-state index is 6.10. The Labute approximate surface area is 121 Å². The van der Waals surface area contributed by atoms with Crippen LogP contribution in [-0.2, 0) is 0 Å². The molecule has 4 heteroatoms. The van der Waals surface area contributed by atoms with Crippen LogP contribution in [0.1, 0.15) is 43.2 Å². The average Bonchev–Trinajstić information content (AvgIpc) is 2.88. The van der Waals surface area contributed by atoms with Crippen LogP contribution in [0.4, 0.5) is 0 Å². The van der Waals surface area contributed by atoms with E-state index in [1.807, 2.05) is 0 Å². The first kappa shape index (κ1) is 14.1. The van der Waals surface area contributed by atoms with Gasteiger partial charge in [0.25, 0.3) is 0 Å². The molecule has 1 saturated carbocycles. The molecule has 4 atom stereocenters. The molecule has 4 unspecified atom stereocenters. The monoisotopic (exact) mass is 277 g/mol. The van der Waals surface area contributed by atoms with Crippen LogP contribution in [0.25, 0.3) is 0 Å². The van der Waals surface area contributed by atoms with Gasteiger partial charge in [0, 0.05) is 31.6 Å². The highest BCUT2D eigenvalue weighted by atomic mass is 16.3. The summed E-state index contributed by atoms with van der Waals surface area (Å²) in [5.74, 6) is 3.65. The van der Waals surface area contributed by atoms with Gasteiger partial charge in [0.1, 0.15) is 11.5 Å². The van der Waals surface area contributed by atoms with Crippen LogP contribution in [0.3, 0.4) is 0 Å². The molecule has 0 bridgehead atoms. The van der Waals surface area contributed by atoms with Crippen LogP contribution in [0.5, 0.6) is 0 Å². The zero-order chi connectivity index (χ0) is 14.3. The Morgan fingerprint density at radius 1 is 1.45 bits per heavy atom. The molecule has 2 aliphatic rings. The molecule has 0 aromatic carbocycles. The van der Waals surface area contributed by atoms with Gasteiger partial charge < -0.3 is 15.1 Å². The van der Waals surface area contributed by atoms with Crippen LogP contribution < -0.4 is 5.73 Å². The van der Waals surface area contributed by atoms with Gasteiger partial charge in [-0.15, -0.1) is 0 Å². The van der Waals surface area contributed by atoms with Gasteiger partial charge in [0.2, 0.25) is 0 Å². The molecular formula is C16H27N3O. The van der Waals surface area contributed by atoms with Crippen molar-refractivity contribution in [2.45, 2.75) is 37.8 Å². The Balaban J connectivity index is 1.69. The number of hydrogen-bond acceptors (Lipinski definition) is 4. The summed E-state index contributed by atoms with van der Waals surface area (Å²) in [5, 5.41) is 0. The molecule has 2 heterocycles. The molecule has 20 heavy (non-hydrogen) atoms. The number of nitrogens with zero attached hydrogens (tertiary/aromatic N) is 2. The molecule has 1 saturated heterocycles. The molecule has 4 nitrogen and oxygen atoms in total. The van der Waals surface area contributed by atoms with Crippen molar-refractivity contribution >= 4 is 0 Å². The van der Waals surface area contributed by atoms with E-state index in [9.17, 15) is 0 Å². The molecule has 112 valence electrons. The fraction of sp³-hybridized carbons (Fsp3) is 0.750. The van der Waals surface area contributed by atoms with Gasteiger partial charge in [-0.2, -0.15) is 0 Å². The molecule has 0 spiro atoms. The van der Waals surface area contributed by atoms with Crippen LogP contribution in [0, 0.1) is 5.92 Å². The molecular weight excluding hydrogens is 250 g/mol. The smallest absolute Gasteiger partial charge is 0.122 e. The third-order valence-corrected chi connectivity index (χ3v) is 5.04. The lowest BCUT2D eigenvalue weighted by Crippen LogP contribution is -2.35. The zero-order valence-electron chi connectivity index (χ0n) is 12.9. The first-order chi connectivity index (χ1) is 9.60. The lowest BCUT2D eigenvalue weighted by Gasteiger charge is -2.26. The fourth-order valence-electron chi connectivity index (χ4n) is 3.38. The van der Waals surface area contributed by atoms with Gasteiger partial charge in [-0.1, -0.05) is 6.92 Å². The van der Waals surface area contributed by atoms with E-state index in [1.165, 1.54) is 12.8 Å². The fourth-order valence-corrected chi connectivity index (χ4v) is 3.38. The van der Waals surface area contributed by atoms with Crippen molar-refractivity contribution in [2.75, 3.05) is 33.7 Å². The van der Waals surface area contributed by atoms with Gasteiger partial charge in [0.05, 0.1) is 6.04 Å². The Bertz CT molecular complexity index is 456. The molecule has 1 aliphatic heterocycles. The molecule has 1 aromatic rings. The lowest BCUT2D eigenvalue weighted by atomic mass is 10.2. The molecule has 2 fully saturated rings. The van der Waals surface area contributed by atoms with Crippen molar-refractivity contribution in [3.8, 4) is 0 Å². The predicted molar refractivity (Wildman–Crippen MR) is 80.7 cm³/mol. The highest BCUT2D eigenvalue weighted by molar-refractivity contribution is 5.19. The molecule has 0 amide bonds. The van der Waals surface area contributed by atoms with E-state index < -0.39 is 0 Å². The van der Waals surface area contributed by atoms with Gasteiger partial charge in [-0.3, -0.25) is 4.90 Å². The number of hydrogen-bond donors (Lipinski definition) is 1. The Morgan fingerprint density at radius 3 is 2.75 bits per heavy atom. The first-order valence-corrected chi connectivity index (χ1v) is 7.80. The van der Waals surface area contributed by atoms with Gasteiger partial charge in [-0.25, -0.2) is 0 Å². The van der Waals surface area contributed by atoms with E-state index in [1.54, 1.807) is 0 Å². The van der Waals surface area contributed by atoms with E-state index in [2.05, 4.69) is 43.0 Å². The summed E-state index contributed by atoms with van der Waals surface area (Å²) in [6.07, 6.45) is 2.49. The maximum Gasteiger partial charge on any atom is 0.122 e. The van der Waals surface area contributed by atoms with E-state index in [-0.39, 0.29) is 6.04 Å². The Morgan fingerprint density at radius 2 is 2.20 bits per heavy atom. The summed E-state index contributed by atoms with van der Waals surface area (Å²) in [5.41, 5.74) is 6.02. The van der Waals surface area contributed by atoms with Crippen molar-refractivity contribution in [3.05, 3.63) is 23.7 Å². The minimum Gasteiger partial charge on any atom is -0.464 e. The number of rotatable bonds is 5. The molecule has 2 N–H and O–H groups in total. The molecule has 0 radical (unpaired) electrons. The summed E-state index contributed by atoms with van der Waals surface area (Å²) in [6.45, 7) is 5.12.